The van der Waals surface area contributed by atoms with Crippen molar-refractivity contribution in [3.8, 4) is 0 Å². The highest BCUT2D eigenvalue weighted by molar-refractivity contribution is 5.87. The van der Waals surface area contributed by atoms with Crippen molar-refractivity contribution >= 4 is 11.9 Å². The molecule has 27 heavy (non-hydrogen) atoms. The number of carbonyl (C=O) groups is 2. The molecule has 0 heterocycles. The lowest BCUT2D eigenvalue weighted by Crippen LogP contribution is -2.19. The van der Waals surface area contributed by atoms with Crippen molar-refractivity contribution in [1.29, 1.82) is 0 Å². The number of aliphatic hydroxyl groups is 2. The smallest absolute Gasteiger partial charge is 0.333 e. The topological polar surface area (TPSA) is 102 Å². The van der Waals surface area contributed by atoms with Crippen molar-refractivity contribution in [2.75, 3.05) is 26.4 Å². The third-order valence-corrected chi connectivity index (χ3v) is 3.66. The molecule has 0 spiro atoms. The Kier molecular flexibility index (Phi) is 14.4. The van der Waals surface area contributed by atoms with Crippen LogP contribution in [0.4, 0.5) is 0 Å². The molecule has 0 radical (unpaired) electrons. The first-order valence-electron chi connectivity index (χ1n) is 9.33. The van der Waals surface area contributed by atoms with Gasteiger partial charge in [0, 0.05) is 24.4 Å². The maximum Gasteiger partial charge on any atom is 0.333 e. The van der Waals surface area contributed by atoms with Gasteiger partial charge in [-0.2, -0.15) is 0 Å². The molecule has 0 aromatic rings. The molecule has 0 fully saturated rings. The van der Waals surface area contributed by atoms with E-state index in [1.165, 1.54) is 0 Å². The van der Waals surface area contributed by atoms with Crippen LogP contribution in [0.15, 0.2) is 24.3 Å². The van der Waals surface area contributed by atoms with E-state index in [2.05, 4.69) is 13.2 Å². The van der Waals surface area contributed by atoms with E-state index in [1.807, 2.05) is 0 Å². The van der Waals surface area contributed by atoms with Crippen LogP contribution in [0.25, 0.3) is 0 Å². The first-order valence-corrected chi connectivity index (χ1v) is 9.33. The molecule has 0 aromatic carbocycles. The molecule has 0 aliphatic carbocycles. The van der Waals surface area contributed by atoms with Crippen LogP contribution in [-0.4, -0.2) is 60.8 Å². The van der Waals surface area contributed by atoms with Crippen LogP contribution < -0.4 is 0 Å². The molecule has 0 bridgehead atoms. The van der Waals surface area contributed by atoms with E-state index >= 15 is 0 Å². The Morgan fingerprint density at radius 1 is 0.778 bits per heavy atom. The van der Waals surface area contributed by atoms with Crippen LogP contribution >= 0.6 is 0 Å². The van der Waals surface area contributed by atoms with E-state index in [4.69, 9.17) is 14.2 Å². The average molecular weight is 386 g/mol. The highest BCUT2D eigenvalue weighted by Crippen LogP contribution is 2.06. The van der Waals surface area contributed by atoms with E-state index < -0.39 is 24.1 Å². The van der Waals surface area contributed by atoms with Gasteiger partial charge in [-0.05, 0) is 52.4 Å². The zero-order valence-corrected chi connectivity index (χ0v) is 16.6. The minimum absolute atomic E-state index is 0.0173. The lowest BCUT2D eigenvalue weighted by molar-refractivity contribution is -0.142. The van der Waals surface area contributed by atoms with Gasteiger partial charge in [0.25, 0.3) is 0 Å². The van der Waals surface area contributed by atoms with Gasteiger partial charge in [0.15, 0.2) is 0 Å². The molecule has 0 aromatic heterocycles. The number of carbonyl (C=O) groups excluding carboxylic acids is 2. The second-order valence-electron chi connectivity index (χ2n) is 6.67. The summed E-state index contributed by atoms with van der Waals surface area (Å²) in [5, 5.41) is 19.4. The Morgan fingerprint density at radius 3 is 1.48 bits per heavy atom. The van der Waals surface area contributed by atoms with Gasteiger partial charge >= 0.3 is 11.9 Å². The fourth-order valence-corrected chi connectivity index (χ4v) is 2.03. The summed E-state index contributed by atoms with van der Waals surface area (Å²) in [5.41, 5.74) is 0.631. The Hall–Kier alpha value is -1.70. The fourth-order valence-electron chi connectivity index (χ4n) is 2.03. The molecule has 0 amide bonds. The van der Waals surface area contributed by atoms with Gasteiger partial charge in [0.1, 0.15) is 13.2 Å². The Labute approximate surface area is 162 Å². The molecular weight excluding hydrogens is 352 g/mol. The number of esters is 2. The molecule has 7 nitrogen and oxygen atoms in total. The zero-order chi connectivity index (χ0) is 20.7. The SMILES string of the molecule is C=C(C)C(=O)OCC(O)CCCCOCCCCC(O)COC(=O)C(=C)C. The first-order chi connectivity index (χ1) is 12.7. The molecule has 0 aliphatic heterocycles. The van der Waals surface area contributed by atoms with Crippen LogP contribution in [0.5, 0.6) is 0 Å². The molecule has 7 heteroatoms. The van der Waals surface area contributed by atoms with Gasteiger partial charge in [0.05, 0.1) is 12.2 Å². The summed E-state index contributed by atoms with van der Waals surface area (Å²) in [6.07, 6.45) is 2.92. The molecule has 0 rings (SSSR count). The van der Waals surface area contributed by atoms with Crippen LogP contribution in [0, 0.1) is 0 Å². The fraction of sp³-hybridized carbons (Fsp3) is 0.700. The Balaban J connectivity index is 3.44. The van der Waals surface area contributed by atoms with Gasteiger partial charge in [-0.25, -0.2) is 9.59 Å². The van der Waals surface area contributed by atoms with Crippen molar-refractivity contribution in [2.45, 2.75) is 64.6 Å². The molecular formula is C20H34O7. The highest BCUT2D eigenvalue weighted by Gasteiger charge is 2.10. The summed E-state index contributed by atoms with van der Waals surface area (Å²) < 4.78 is 15.3. The second kappa shape index (κ2) is 15.4. The van der Waals surface area contributed by atoms with Crippen molar-refractivity contribution in [1.82, 2.24) is 0 Å². The van der Waals surface area contributed by atoms with Crippen LogP contribution in [0.3, 0.4) is 0 Å². The van der Waals surface area contributed by atoms with Gasteiger partial charge in [-0.3, -0.25) is 0 Å². The van der Waals surface area contributed by atoms with E-state index in [9.17, 15) is 19.8 Å². The third kappa shape index (κ3) is 15.1. The normalized spacial score (nSPS) is 12.9. The summed E-state index contributed by atoms with van der Waals surface area (Å²) in [7, 11) is 0. The summed E-state index contributed by atoms with van der Waals surface area (Å²) in [4.78, 5) is 22.4. The number of hydrogen-bond donors (Lipinski definition) is 2. The predicted molar refractivity (Wildman–Crippen MR) is 102 cm³/mol. The molecule has 2 atom stereocenters. The average Bonchev–Trinajstić information content (AvgIpc) is 2.62. The van der Waals surface area contributed by atoms with Crippen molar-refractivity contribution in [2.24, 2.45) is 0 Å². The van der Waals surface area contributed by atoms with E-state index in [1.54, 1.807) is 13.8 Å². The molecule has 156 valence electrons. The maximum absolute atomic E-state index is 11.2. The summed E-state index contributed by atoms with van der Waals surface area (Å²) in [6, 6.07) is 0. The lowest BCUT2D eigenvalue weighted by atomic mass is 10.1. The summed E-state index contributed by atoms with van der Waals surface area (Å²) >= 11 is 0. The number of ether oxygens (including phenoxy) is 3. The van der Waals surface area contributed by atoms with E-state index in [-0.39, 0.29) is 13.2 Å². The molecule has 0 saturated heterocycles. The minimum atomic E-state index is -0.672. The second-order valence-corrected chi connectivity index (χ2v) is 6.67. The number of rotatable bonds is 16. The van der Waals surface area contributed by atoms with Gasteiger partial charge in [-0.15, -0.1) is 0 Å². The minimum Gasteiger partial charge on any atom is -0.460 e. The van der Waals surface area contributed by atoms with E-state index in [0.717, 1.165) is 25.7 Å². The van der Waals surface area contributed by atoms with Gasteiger partial charge in [-0.1, -0.05) is 13.2 Å². The predicted octanol–water partition coefficient (Wildman–Crippen LogP) is 2.30. The van der Waals surface area contributed by atoms with Crippen molar-refractivity contribution < 1.29 is 34.0 Å². The van der Waals surface area contributed by atoms with Gasteiger partial charge < -0.3 is 24.4 Å². The lowest BCUT2D eigenvalue weighted by Gasteiger charge is -2.12. The summed E-state index contributed by atoms with van der Waals surface area (Å²) in [5.74, 6) is -0.979. The number of aliphatic hydroxyl groups excluding tert-OH is 2. The van der Waals surface area contributed by atoms with Crippen molar-refractivity contribution in [3.05, 3.63) is 24.3 Å². The monoisotopic (exact) mass is 386 g/mol. The van der Waals surface area contributed by atoms with Crippen LogP contribution in [0.2, 0.25) is 0 Å². The zero-order valence-electron chi connectivity index (χ0n) is 16.6. The largest absolute Gasteiger partial charge is 0.460 e. The Morgan fingerprint density at radius 2 is 1.15 bits per heavy atom. The first kappa shape index (κ1) is 25.3. The standard InChI is InChI=1S/C20H34O7/c1-15(2)19(23)26-13-17(21)9-5-7-11-25-12-8-6-10-18(22)14-27-20(24)16(3)4/h17-18,21-22H,1,3,5-14H2,2,4H3. The van der Waals surface area contributed by atoms with Crippen LogP contribution in [-0.2, 0) is 23.8 Å². The van der Waals surface area contributed by atoms with Crippen LogP contribution in [0.1, 0.15) is 52.4 Å². The molecule has 2 unspecified atom stereocenters. The number of hydrogen-bond acceptors (Lipinski definition) is 7. The van der Waals surface area contributed by atoms with E-state index in [0.29, 0.717) is 37.2 Å². The quantitative estimate of drug-likeness (QED) is 0.238. The third-order valence-electron chi connectivity index (χ3n) is 3.66. The maximum atomic E-state index is 11.2. The molecule has 2 N–H and O–H groups in total. The Bertz CT molecular complexity index is 431. The summed E-state index contributed by atoms with van der Waals surface area (Å²) in [6.45, 7) is 11.2. The molecule has 0 saturated carbocycles. The van der Waals surface area contributed by atoms with Gasteiger partial charge in [0.2, 0.25) is 0 Å². The number of unbranched alkanes of at least 4 members (excludes halogenated alkanes) is 2. The highest BCUT2D eigenvalue weighted by atomic mass is 16.5. The molecule has 0 aliphatic rings. The van der Waals surface area contributed by atoms with Crippen molar-refractivity contribution in [3.63, 3.8) is 0 Å².